The van der Waals surface area contributed by atoms with E-state index in [9.17, 15) is 41.1 Å². The normalized spacial score (nSPS) is 12.5. The molecule has 0 aliphatic rings. The predicted molar refractivity (Wildman–Crippen MR) is 145 cm³/mol. The van der Waals surface area contributed by atoms with Crippen molar-refractivity contribution in [1.82, 2.24) is 0 Å². The number of carbonyl (C=O) groups excluding carboxylic acids is 2. The first-order valence-corrected chi connectivity index (χ1v) is 13.7. The summed E-state index contributed by atoms with van der Waals surface area (Å²) in [5, 5.41) is 10.0. The third-order valence-corrected chi connectivity index (χ3v) is 6.78. The smallest absolute Gasteiger partial charge is 0.426 e. The fourth-order valence-corrected chi connectivity index (χ4v) is 5.10. The Morgan fingerprint density at radius 2 is 1.28 bits per heavy atom. The summed E-state index contributed by atoms with van der Waals surface area (Å²) in [6.07, 6.45) is -6.50. The summed E-state index contributed by atoms with van der Waals surface area (Å²) in [6, 6.07) is 4.15. The van der Waals surface area contributed by atoms with Crippen molar-refractivity contribution in [3.05, 3.63) is 63.2 Å². The highest BCUT2D eigenvalue weighted by Crippen LogP contribution is 2.31. The number of ether oxygens (including phenoxy) is 2. The number of benzene rings is 2. The maximum Gasteiger partial charge on any atom is 0.426 e. The van der Waals surface area contributed by atoms with Crippen molar-refractivity contribution < 1.29 is 55.1 Å². The highest BCUT2D eigenvalue weighted by atomic mass is 32.2. The van der Waals surface area contributed by atoms with Crippen LogP contribution in [0, 0.1) is 0 Å². The number of rotatable bonds is 11. The van der Waals surface area contributed by atoms with Crippen LogP contribution in [0.15, 0.2) is 24.3 Å². The maximum atomic E-state index is 13.3. The molecule has 0 radical (unpaired) electrons. The van der Waals surface area contributed by atoms with E-state index in [4.69, 9.17) is 9.29 Å². The van der Waals surface area contributed by atoms with Gasteiger partial charge in [-0.25, -0.2) is 14.4 Å². The number of aromatic carboxylic acids is 1. The van der Waals surface area contributed by atoms with E-state index in [1.165, 1.54) is 0 Å². The molecule has 206 valence electrons. The fourth-order valence-electron chi connectivity index (χ4n) is 4.46. The summed E-state index contributed by atoms with van der Waals surface area (Å²) in [5.41, 5.74) is 2.17. The molecule has 1 unspecified atom stereocenters. The highest BCUT2D eigenvalue weighted by Gasteiger charge is 2.45. The Morgan fingerprint density at radius 1 is 0.821 bits per heavy atom. The zero-order chi connectivity index (χ0) is 29.7. The van der Waals surface area contributed by atoms with Crippen molar-refractivity contribution in [2.75, 3.05) is 5.75 Å². The molecule has 0 bridgehead atoms. The van der Waals surface area contributed by atoms with Gasteiger partial charge in [-0.2, -0.15) is 21.6 Å². The average Bonchev–Trinajstić information content (AvgIpc) is 2.85. The molecule has 2 rings (SSSR count). The van der Waals surface area contributed by atoms with Gasteiger partial charge in [-0.3, -0.25) is 4.55 Å². The third-order valence-electron chi connectivity index (χ3n) is 6.06. The largest absolute Gasteiger partial charge is 0.478 e. The van der Waals surface area contributed by atoms with E-state index >= 15 is 0 Å². The Balaban J connectivity index is 2.42. The van der Waals surface area contributed by atoms with Crippen LogP contribution in [-0.2, 0) is 40.1 Å². The zero-order valence-electron chi connectivity index (χ0n) is 21.7. The molecule has 0 amide bonds. The van der Waals surface area contributed by atoms with Crippen LogP contribution in [0.3, 0.4) is 0 Å². The number of carboxylic acids is 1. The quantitative estimate of drug-likeness (QED) is 0.153. The van der Waals surface area contributed by atoms with Gasteiger partial charge in [0.15, 0.2) is 0 Å². The van der Waals surface area contributed by atoms with Crippen LogP contribution in [0.1, 0.15) is 53.3 Å². The lowest BCUT2D eigenvalue weighted by Crippen LogP contribution is -2.39. The summed E-state index contributed by atoms with van der Waals surface area (Å²) in [5.74, 6) is -5.77. The number of hydrogen-bond acceptors (Lipinski definition) is 7. The van der Waals surface area contributed by atoms with E-state index in [1.807, 2.05) is 15.7 Å². The molecule has 0 aliphatic heterocycles. The number of carbonyl (C=O) groups is 3. The molecule has 2 N–H and O–H groups in total. The topological polar surface area (TPSA) is 144 Å². The first kappa shape index (κ1) is 32.0. The van der Waals surface area contributed by atoms with E-state index in [2.05, 4.69) is 4.74 Å². The molecule has 0 saturated carbocycles. The second-order valence-electron chi connectivity index (χ2n) is 8.48. The average molecular weight is 566 g/mol. The lowest BCUT2D eigenvalue weighted by atomic mass is 9.72. The molecule has 17 heteroatoms. The van der Waals surface area contributed by atoms with Crippen molar-refractivity contribution in [2.24, 2.45) is 0 Å². The molecule has 9 nitrogen and oxygen atoms in total. The van der Waals surface area contributed by atoms with Crippen LogP contribution in [0.2, 0.25) is 0 Å². The van der Waals surface area contributed by atoms with Crippen molar-refractivity contribution in [3.8, 4) is 5.75 Å². The molecular formula is C22H25B4F3O9S. The van der Waals surface area contributed by atoms with Gasteiger partial charge in [0.05, 0.1) is 16.7 Å². The minimum absolute atomic E-state index is 0.0855. The van der Waals surface area contributed by atoms with Gasteiger partial charge in [0.2, 0.25) is 6.10 Å². The van der Waals surface area contributed by atoms with E-state index in [0.717, 1.165) is 35.4 Å². The van der Waals surface area contributed by atoms with Gasteiger partial charge in [-0.15, -0.1) is 0 Å². The zero-order valence-corrected chi connectivity index (χ0v) is 22.5. The Morgan fingerprint density at radius 3 is 1.67 bits per heavy atom. The lowest BCUT2D eigenvalue weighted by Gasteiger charge is -2.23. The number of esters is 2. The first-order chi connectivity index (χ1) is 18.1. The molecule has 0 saturated heterocycles. The summed E-state index contributed by atoms with van der Waals surface area (Å²) in [4.78, 5) is 37.7. The minimum atomic E-state index is -5.26. The van der Waals surface area contributed by atoms with Gasteiger partial charge < -0.3 is 14.6 Å². The Kier molecular flexibility index (Phi) is 10.5. The van der Waals surface area contributed by atoms with Crippen molar-refractivity contribution in [2.45, 2.75) is 37.6 Å². The summed E-state index contributed by atoms with van der Waals surface area (Å²) in [7, 11) is 2.28. The van der Waals surface area contributed by atoms with Crippen molar-refractivity contribution in [1.29, 1.82) is 0 Å². The van der Waals surface area contributed by atoms with Crippen LogP contribution >= 0.6 is 0 Å². The van der Waals surface area contributed by atoms with Crippen molar-refractivity contribution >= 4 is 59.4 Å². The van der Waals surface area contributed by atoms with Gasteiger partial charge in [-0.05, 0) is 46.5 Å². The van der Waals surface area contributed by atoms with E-state index in [1.54, 1.807) is 15.7 Å². The van der Waals surface area contributed by atoms with Gasteiger partial charge >= 0.3 is 24.1 Å². The Bertz CT molecular complexity index is 1360. The molecule has 1 atom stereocenters. The Labute approximate surface area is 226 Å². The fraction of sp³-hybridized carbons (Fsp3) is 0.318. The van der Waals surface area contributed by atoms with Gasteiger partial charge in [0, 0.05) is 0 Å². The van der Waals surface area contributed by atoms with E-state index in [-0.39, 0.29) is 16.9 Å². The third kappa shape index (κ3) is 7.69. The summed E-state index contributed by atoms with van der Waals surface area (Å²) < 4.78 is 79.3. The molecule has 0 aliphatic carbocycles. The molecule has 0 aromatic heterocycles. The number of alkyl halides is 3. The second-order valence-corrected chi connectivity index (χ2v) is 9.98. The van der Waals surface area contributed by atoms with E-state index < -0.39 is 51.6 Å². The molecule has 2 aromatic carbocycles. The first-order valence-electron chi connectivity index (χ1n) is 12.1. The molecular weight excluding hydrogens is 541 g/mol. The van der Waals surface area contributed by atoms with Gasteiger partial charge in [-0.1, -0.05) is 25.3 Å². The minimum Gasteiger partial charge on any atom is -0.478 e. The van der Waals surface area contributed by atoms with E-state index in [0.29, 0.717) is 36.4 Å². The standard InChI is InChI=1S/C22H25B4F3O9S/c23-5-12-13(6-24)15(8-26)18(17(19(30)31)14(12)7-25)21(33)37-11-3-1-10(2-4-11)20(32)38-16(22(27,28)29)9-39(34,35)36/h1-4,16H,5-9,23-26H2,(H,30,31)(H,34,35,36). The summed E-state index contributed by atoms with van der Waals surface area (Å²) in [6.45, 7) is 0. The molecule has 0 fully saturated rings. The van der Waals surface area contributed by atoms with Gasteiger partial charge in [0.1, 0.15) is 42.9 Å². The van der Waals surface area contributed by atoms with Crippen molar-refractivity contribution in [3.63, 3.8) is 0 Å². The second kappa shape index (κ2) is 12.8. The summed E-state index contributed by atoms with van der Waals surface area (Å²) >= 11 is 0. The lowest BCUT2D eigenvalue weighted by molar-refractivity contribution is -0.197. The molecule has 0 spiro atoms. The number of carboxylic acid groups (broad SMARTS) is 1. The van der Waals surface area contributed by atoms with Crippen LogP contribution < -0.4 is 4.74 Å². The van der Waals surface area contributed by atoms with Crippen LogP contribution in [0.4, 0.5) is 13.2 Å². The number of hydrogen-bond donors (Lipinski definition) is 2. The van der Waals surface area contributed by atoms with Crippen LogP contribution in [-0.4, -0.2) is 85.4 Å². The SMILES string of the molecule is BCc1c(CB)c(CB)c(C(=O)Oc2ccc(C(=O)OC(CS(=O)(=O)O)C(F)(F)F)cc2)c(C(=O)O)c1CB. The number of halogens is 3. The van der Waals surface area contributed by atoms with Crippen LogP contribution in [0.5, 0.6) is 5.75 Å². The molecule has 2 aromatic rings. The predicted octanol–water partition coefficient (Wildman–Crippen LogP) is -0.888. The Hall–Kier alpha value is -3.19. The molecule has 0 heterocycles. The molecule has 39 heavy (non-hydrogen) atoms. The highest BCUT2D eigenvalue weighted by molar-refractivity contribution is 7.85. The maximum absolute atomic E-state index is 13.3. The monoisotopic (exact) mass is 566 g/mol. The van der Waals surface area contributed by atoms with Gasteiger partial charge in [0.25, 0.3) is 10.1 Å². The van der Waals surface area contributed by atoms with Crippen LogP contribution in [0.25, 0.3) is 0 Å².